The van der Waals surface area contributed by atoms with E-state index in [1.807, 2.05) is 11.8 Å². The Kier molecular flexibility index (Phi) is 6.66. The molecular formula is C13H24N2OS. The average molecular weight is 256 g/mol. The molecule has 0 saturated carbocycles. The fourth-order valence-corrected chi connectivity index (χ4v) is 3.45. The molecule has 1 amide bonds. The molecule has 1 rings (SSSR count). The Morgan fingerprint density at radius 1 is 1.47 bits per heavy atom. The molecule has 1 saturated heterocycles. The topological polar surface area (TPSA) is 41.1 Å². The van der Waals surface area contributed by atoms with E-state index in [1.54, 1.807) is 0 Å². The summed E-state index contributed by atoms with van der Waals surface area (Å²) in [6.45, 7) is 7.92. The molecule has 1 heterocycles. The predicted octanol–water partition coefficient (Wildman–Crippen LogP) is 1.94. The van der Waals surface area contributed by atoms with E-state index in [1.165, 1.54) is 18.9 Å². The van der Waals surface area contributed by atoms with Gasteiger partial charge in [0.2, 0.25) is 5.91 Å². The van der Waals surface area contributed by atoms with Crippen LogP contribution in [0.3, 0.4) is 0 Å². The summed E-state index contributed by atoms with van der Waals surface area (Å²) in [5.74, 6) is 2.02. The van der Waals surface area contributed by atoms with Crippen molar-refractivity contribution in [1.29, 1.82) is 0 Å². The molecule has 0 aromatic rings. The summed E-state index contributed by atoms with van der Waals surface area (Å²) >= 11 is 1.90. The van der Waals surface area contributed by atoms with Gasteiger partial charge in [0.25, 0.3) is 0 Å². The summed E-state index contributed by atoms with van der Waals surface area (Å²) in [4.78, 5) is 11.3. The maximum atomic E-state index is 11.3. The number of rotatable bonds is 7. The molecule has 0 radical (unpaired) electrons. The number of nitrogens with one attached hydrogen (secondary N) is 2. The first kappa shape index (κ1) is 14.6. The molecule has 1 aliphatic heterocycles. The standard InChI is InChI=1S/C13H24N2OS/c1-4-7-10(5-2)14-11-8-17-9-12(11)15-13(16)6-3/h6,10-12,14H,3-5,7-9H2,1-2H3,(H,15,16). The first-order valence-electron chi connectivity index (χ1n) is 6.47. The normalized spacial score (nSPS) is 25.5. The van der Waals surface area contributed by atoms with Crippen LogP contribution in [0.2, 0.25) is 0 Å². The SMILES string of the molecule is C=CC(=O)NC1CSCC1NC(CC)CCC. The van der Waals surface area contributed by atoms with Gasteiger partial charge in [-0.15, -0.1) is 0 Å². The molecule has 0 spiro atoms. The Bertz CT molecular complexity index is 258. The van der Waals surface area contributed by atoms with Crippen molar-refractivity contribution in [3.05, 3.63) is 12.7 Å². The maximum absolute atomic E-state index is 11.3. The summed E-state index contributed by atoms with van der Waals surface area (Å²) in [6.07, 6.45) is 4.91. The van der Waals surface area contributed by atoms with Crippen LogP contribution in [0.15, 0.2) is 12.7 Å². The maximum Gasteiger partial charge on any atom is 0.243 e. The summed E-state index contributed by atoms with van der Waals surface area (Å²) in [5.41, 5.74) is 0. The quantitative estimate of drug-likeness (QED) is 0.684. The van der Waals surface area contributed by atoms with Crippen LogP contribution in [0.25, 0.3) is 0 Å². The second kappa shape index (κ2) is 7.77. The highest BCUT2D eigenvalue weighted by atomic mass is 32.2. The van der Waals surface area contributed by atoms with Gasteiger partial charge in [-0.2, -0.15) is 11.8 Å². The smallest absolute Gasteiger partial charge is 0.243 e. The Morgan fingerprint density at radius 2 is 2.18 bits per heavy atom. The number of hydrogen-bond acceptors (Lipinski definition) is 3. The Balaban J connectivity index is 2.44. The van der Waals surface area contributed by atoms with Crippen molar-refractivity contribution in [2.45, 2.75) is 51.2 Å². The molecular weight excluding hydrogens is 232 g/mol. The first-order chi connectivity index (χ1) is 8.21. The summed E-state index contributed by atoms with van der Waals surface area (Å²) in [5, 5.41) is 6.69. The van der Waals surface area contributed by atoms with E-state index in [0.29, 0.717) is 12.1 Å². The zero-order chi connectivity index (χ0) is 12.7. The van der Waals surface area contributed by atoms with Gasteiger partial charge in [0.1, 0.15) is 0 Å². The number of carbonyl (C=O) groups excluding carboxylic acids is 1. The van der Waals surface area contributed by atoms with Crippen LogP contribution < -0.4 is 10.6 Å². The number of hydrogen-bond donors (Lipinski definition) is 2. The molecule has 2 N–H and O–H groups in total. The van der Waals surface area contributed by atoms with Gasteiger partial charge in [0.15, 0.2) is 0 Å². The van der Waals surface area contributed by atoms with Gasteiger partial charge in [-0.3, -0.25) is 4.79 Å². The Labute approximate surface area is 109 Å². The molecule has 0 aromatic heterocycles. The minimum absolute atomic E-state index is 0.0622. The van der Waals surface area contributed by atoms with Crippen LogP contribution in [0.4, 0.5) is 0 Å². The molecule has 1 aliphatic rings. The largest absolute Gasteiger partial charge is 0.347 e. The van der Waals surface area contributed by atoms with E-state index in [4.69, 9.17) is 0 Å². The van der Waals surface area contributed by atoms with Crippen molar-refractivity contribution >= 4 is 17.7 Å². The fraction of sp³-hybridized carbons (Fsp3) is 0.769. The number of thioether (sulfide) groups is 1. The minimum Gasteiger partial charge on any atom is -0.347 e. The van der Waals surface area contributed by atoms with E-state index in [-0.39, 0.29) is 11.9 Å². The van der Waals surface area contributed by atoms with Crippen LogP contribution in [0.1, 0.15) is 33.1 Å². The first-order valence-corrected chi connectivity index (χ1v) is 7.63. The predicted molar refractivity (Wildman–Crippen MR) is 75.4 cm³/mol. The Morgan fingerprint density at radius 3 is 2.76 bits per heavy atom. The number of amides is 1. The lowest BCUT2D eigenvalue weighted by molar-refractivity contribution is -0.117. The molecule has 3 unspecified atom stereocenters. The van der Waals surface area contributed by atoms with Crippen LogP contribution in [0, 0.1) is 0 Å². The van der Waals surface area contributed by atoms with Gasteiger partial charge < -0.3 is 10.6 Å². The van der Waals surface area contributed by atoms with Crippen LogP contribution >= 0.6 is 11.8 Å². The van der Waals surface area contributed by atoms with Crippen molar-refractivity contribution in [1.82, 2.24) is 10.6 Å². The lowest BCUT2D eigenvalue weighted by atomic mass is 10.1. The highest BCUT2D eigenvalue weighted by Crippen LogP contribution is 2.20. The minimum atomic E-state index is -0.0622. The zero-order valence-electron chi connectivity index (χ0n) is 10.9. The van der Waals surface area contributed by atoms with Crippen LogP contribution in [-0.4, -0.2) is 35.5 Å². The summed E-state index contributed by atoms with van der Waals surface area (Å²) in [7, 11) is 0. The van der Waals surface area contributed by atoms with Gasteiger partial charge in [0, 0.05) is 23.6 Å². The highest BCUT2D eigenvalue weighted by Gasteiger charge is 2.29. The van der Waals surface area contributed by atoms with E-state index in [9.17, 15) is 4.79 Å². The fourth-order valence-electron chi connectivity index (χ4n) is 2.16. The molecule has 3 nitrogen and oxygen atoms in total. The van der Waals surface area contributed by atoms with Crippen molar-refractivity contribution in [3.8, 4) is 0 Å². The van der Waals surface area contributed by atoms with Crippen LogP contribution in [-0.2, 0) is 4.79 Å². The lowest BCUT2D eigenvalue weighted by Gasteiger charge is -2.26. The molecule has 0 bridgehead atoms. The molecule has 3 atom stereocenters. The molecule has 17 heavy (non-hydrogen) atoms. The van der Waals surface area contributed by atoms with Crippen molar-refractivity contribution < 1.29 is 4.79 Å². The third-order valence-electron chi connectivity index (χ3n) is 3.17. The molecule has 4 heteroatoms. The van der Waals surface area contributed by atoms with E-state index < -0.39 is 0 Å². The second-order valence-electron chi connectivity index (χ2n) is 4.52. The second-order valence-corrected chi connectivity index (χ2v) is 5.60. The van der Waals surface area contributed by atoms with Gasteiger partial charge >= 0.3 is 0 Å². The third kappa shape index (κ3) is 4.72. The van der Waals surface area contributed by atoms with Crippen molar-refractivity contribution in [3.63, 3.8) is 0 Å². The lowest BCUT2D eigenvalue weighted by Crippen LogP contribution is -2.51. The van der Waals surface area contributed by atoms with Gasteiger partial charge in [-0.05, 0) is 18.9 Å². The van der Waals surface area contributed by atoms with Crippen molar-refractivity contribution in [2.75, 3.05) is 11.5 Å². The van der Waals surface area contributed by atoms with Gasteiger partial charge in [-0.1, -0.05) is 26.8 Å². The summed E-state index contributed by atoms with van der Waals surface area (Å²) in [6, 6.07) is 1.23. The molecule has 0 aromatic carbocycles. The average Bonchev–Trinajstić information content (AvgIpc) is 2.75. The molecule has 1 fully saturated rings. The van der Waals surface area contributed by atoms with E-state index in [2.05, 4.69) is 31.1 Å². The third-order valence-corrected chi connectivity index (χ3v) is 4.36. The van der Waals surface area contributed by atoms with Gasteiger partial charge in [0.05, 0.1) is 6.04 Å². The monoisotopic (exact) mass is 256 g/mol. The highest BCUT2D eigenvalue weighted by molar-refractivity contribution is 7.99. The zero-order valence-corrected chi connectivity index (χ0v) is 11.7. The Hall–Kier alpha value is -0.480. The van der Waals surface area contributed by atoms with Gasteiger partial charge in [-0.25, -0.2) is 0 Å². The number of carbonyl (C=O) groups is 1. The molecule has 0 aliphatic carbocycles. The summed E-state index contributed by atoms with van der Waals surface area (Å²) < 4.78 is 0. The van der Waals surface area contributed by atoms with Crippen molar-refractivity contribution in [2.24, 2.45) is 0 Å². The van der Waals surface area contributed by atoms with E-state index in [0.717, 1.165) is 17.9 Å². The van der Waals surface area contributed by atoms with Crippen LogP contribution in [0.5, 0.6) is 0 Å². The molecule has 98 valence electrons. The van der Waals surface area contributed by atoms with E-state index >= 15 is 0 Å².